The zero-order chi connectivity index (χ0) is 17.3. The summed E-state index contributed by atoms with van der Waals surface area (Å²) in [6.07, 6.45) is 4.00. The number of likely N-dealkylation sites (tertiary alicyclic amines) is 2. The van der Waals surface area contributed by atoms with Gasteiger partial charge in [-0.2, -0.15) is 5.10 Å². The first-order chi connectivity index (χ1) is 11.5. The van der Waals surface area contributed by atoms with Crippen LogP contribution in [-0.2, 0) is 16.1 Å². The molecule has 2 fully saturated rings. The maximum absolute atomic E-state index is 12.5. The van der Waals surface area contributed by atoms with Gasteiger partial charge in [-0.05, 0) is 45.6 Å². The average Bonchev–Trinajstić information content (AvgIpc) is 3.12. The first kappa shape index (κ1) is 17.0. The highest BCUT2D eigenvalue weighted by Crippen LogP contribution is 2.22. The van der Waals surface area contributed by atoms with E-state index in [2.05, 4.69) is 18.9 Å². The topological polar surface area (TPSA) is 58.4 Å². The van der Waals surface area contributed by atoms with Gasteiger partial charge in [-0.25, -0.2) is 0 Å². The molecular weight excluding hydrogens is 304 g/mol. The molecule has 3 heterocycles. The fourth-order valence-corrected chi connectivity index (χ4v) is 3.85. The van der Waals surface area contributed by atoms with Crippen molar-refractivity contribution in [3.63, 3.8) is 0 Å². The Morgan fingerprint density at radius 1 is 1.17 bits per heavy atom. The number of carbonyl (C=O) groups excluding carboxylic acids is 2. The van der Waals surface area contributed by atoms with E-state index < -0.39 is 0 Å². The predicted octanol–water partition coefficient (Wildman–Crippen LogP) is 1.81. The number of hydrogen-bond donors (Lipinski definition) is 0. The van der Waals surface area contributed by atoms with Crippen molar-refractivity contribution >= 4 is 11.8 Å². The molecule has 3 rings (SSSR count). The van der Waals surface area contributed by atoms with Crippen LogP contribution in [0.15, 0.2) is 0 Å². The fraction of sp³-hybridized carbons (Fsp3) is 0.722. The van der Waals surface area contributed by atoms with Gasteiger partial charge in [0, 0.05) is 50.8 Å². The lowest BCUT2D eigenvalue weighted by molar-refractivity contribution is -0.134. The minimum absolute atomic E-state index is 0.200. The monoisotopic (exact) mass is 332 g/mol. The third-order valence-corrected chi connectivity index (χ3v) is 5.65. The zero-order valence-corrected chi connectivity index (χ0v) is 15.0. The average molecular weight is 332 g/mol. The van der Waals surface area contributed by atoms with Gasteiger partial charge in [-0.15, -0.1) is 0 Å². The van der Waals surface area contributed by atoms with E-state index >= 15 is 0 Å². The molecule has 2 aliphatic rings. The van der Waals surface area contributed by atoms with Crippen LogP contribution in [0.25, 0.3) is 0 Å². The Balaban J connectivity index is 1.48. The fourth-order valence-electron chi connectivity index (χ4n) is 3.85. The number of piperidine rings is 1. The zero-order valence-electron chi connectivity index (χ0n) is 15.0. The Kier molecular flexibility index (Phi) is 4.92. The van der Waals surface area contributed by atoms with E-state index in [-0.39, 0.29) is 5.91 Å². The van der Waals surface area contributed by atoms with E-state index in [0.717, 1.165) is 50.3 Å². The summed E-state index contributed by atoms with van der Waals surface area (Å²) in [4.78, 5) is 28.3. The maximum atomic E-state index is 12.5. The van der Waals surface area contributed by atoms with Gasteiger partial charge in [0.1, 0.15) is 0 Å². The number of aromatic nitrogens is 2. The van der Waals surface area contributed by atoms with Gasteiger partial charge in [-0.1, -0.05) is 0 Å². The van der Waals surface area contributed by atoms with Gasteiger partial charge < -0.3 is 9.80 Å². The van der Waals surface area contributed by atoms with Gasteiger partial charge >= 0.3 is 0 Å². The number of amides is 2. The molecule has 0 aliphatic carbocycles. The van der Waals surface area contributed by atoms with Gasteiger partial charge in [0.15, 0.2) is 0 Å². The molecule has 0 spiro atoms. The molecule has 0 bridgehead atoms. The summed E-state index contributed by atoms with van der Waals surface area (Å²) in [7, 11) is 0. The third-order valence-electron chi connectivity index (χ3n) is 5.65. The molecule has 2 aliphatic heterocycles. The molecule has 1 aromatic rings. The van der Waals surface area contributed by atoms with Crippen LogP contribution in [0.5, 0.6) is 0 Å². The standard InChI is InChI=1S/C18H28N4O2/c1-13-14(2)19-22(15(13)3)12-8-17(23)20-10-6-16(7-11-20)21-9-4-5-18(21)24/h16H,4-12H2,1-3H3. The number of hydrogen-bond acceptors (Lipinski definition) is 3. The van der Waals surface area contributed by atoms with Gasteiger partial charge in [0.05, 0.1) is 5.69 Å². The second kappa shape index (κ2) is 6.95. The number of nitrogens with zero attached hydrogens (tertiary/aromatic N) is 4. The van der Waals surface area contributed by atoms with Crippen molar-refractivity contribution in [2.45, 2.75) is 65.5 Å². The van der Waals surface area contributed by atoms with Crippen LogP contribution in [0.2, 0.25) is 0 Å². The molecule has 0 aromatic carbocycles. The molecule has 24 heavy (non-hydrogen) atoms. The molecule has 0 unspecified atom stereocenters. The highest BCUT2D eigenvalue weighted by atomic mass is 16.2. The minimum Gasteiger partial charge on any atom is -0.342 e. The van der Waals surface area contributed by atoms with Gasteiger partial charge in [0.2, 0.25) is 11.8 Å². The van der Waals surface area contributed by atoms with Gasteiger partial charge in [0.25, 0.3) is 0 Å². The predicted molar refractivity (Wildman–Crippen MR) is 91.6 cm³/mol. The Labute approximate surface area is 143 Å². The molecule has 0 N–H and O–H groups in total. The molecule has 2 amide bonds. The highest BCUT2D eigenvalue weighted by molar-refractivity contribution is 5.78. The van der Waals surface area contributed by atoms with Crippen molar-refractivity contribution in [3.05, 3.63) is 17.0 Å². The summed E-state index contributed by atoms with van der Waals surface area (Å²) in [6, 6.07) is 0.336. The van der Waals surface area contributed by atoms with Crippen molar-refractivity contribution in [1.29, 1.82) is 0 Å². The van der Waals surface area contributed by atoms with Crippen molar-refractivity contribution in [2.75, 3.05) is 19.6 Å². The first-order valence-electron chi connectivity index (χ1n) is 9.05. The maximum Gasteiger partial charge on any atom is 0.224 e. The van der Waals surface area contributed by atoms with Crippen LogP contribution < -0.4 is 0 Å². The molecular formula is C18H28N4O2. The Hall–Kier alpha value is -1.85. The van der Waals surface area contributed by atoms with Crippen LogP contribution in [0.3, 0.4) is 0 Å². The minimum atomic E-state index is 0.200. The van der Waals surface area contributed by atoms with Crippen LogP contribution in [-0.4, -0.2) is 57.1 Å². The van der Waals surface area contributed by atoms with Crippen molar-refractivity contribution < 1.29 is 9.59 Å². The lowest BCUT2D eigenvalue weighted by Gasteiger charge is -2.36. The van der Waals surface area contributed by atoms with Crippen molar-refractivity contribution in [2.24, 2.45) is 0 Å². The quantitative estimate of drug-likeness (QED) is 0.845. The summed E-state index contributed by atoms with van der Waals surface area (Å²) < 4.78 is 1.94. The summed E-state index contributed by atoms with van der Waals surface area (Å²) in [5.41, 5.74) is 3.39. The van der Waals surface area contributed by atoms with E-state index in [9.17, 15) is 9.59 Å². The van der Waals surface area contributed by atoms with E-state index in [0.29, 0.717) is 31.3 Å². The molecule has 6 nitrogen and oxygen atoms in total. The van der Waals surface area contributed by atoms with Crippen molar-refractivity contribution in [1.82, 2.24) is 19.6 Å². The summed E-state index contributed by atoms with van der Waals surface area (Å²) in [5, 5.41) is 4.50. The molecule has 1 aromatic heterocycles. The van der Waals surface area contributed by atoms with Crippen LogP contribution in [0.4, 0.5) is 0 Å². The Morgan fingerprint density at radius 2 is 1.88 bits per heavy atom. The van der Waals surface area contributed by atoms with Crippen LogP contribution >= 0.6 is 0 Å². The van der Waals surface area contributed by atoms with Crippen LogP contribution in [0, 0.1) is 20.8 Å². The van der Waals surface area contributed by atoms with Crippen LogP contribution in [0.1, 0.15) is 49.1 Å². The van der Waals surface area contributed by atoms with Crippen molar-refractivity contribution in [3.8, 4) is 0 Å². The number of aryl methyl sites for hydroxylation is 2. The SMILES string of the molecule is Cc1nn(CCC(=O)N2CCC(N3CCCC3=O)CC2)c(C)c1C. The summed E-state index contributed by atoms with van der Waals surface area (Å²) >= 11 is 0. The molecule has 0 saturated carbocycles. The van der Waals surface area contributed by atoms with E-state index in [1.807, 2.05) is 21.4 Å². The van der Waals surface area contributed by atoms with E-state index in [1.165, 1.54) is 5.56 Å². The first-order valence-corrected chi connectivity index (χ1v) is 9.05. The largest absolute Gasteiger partial charge is 0.342 e. The summed E-state index contributed by atoms with van der Waals surface area (Å²) in [6.45, 7) is 9.20. The molecule has 0 radical (unpaired) electrons. The lowest BCUT2D eigenvalue weighted by atomic mass is 10.0. The molecule has 132 valence electrons. The summed E-state index contributed by atoms with van der Waals surface area (Å²) in [5.74, 6) is 0.492. The Bertz CT molecular complexity index is 629. The normalized spacial score (nSPS) is 19.4. The Morgan fingerprint density at radius 3 is 2.42 bits per heavy atom. The van der Waals surface area contributed by atoms with E-state index in [4.69, 9.17) is 0 Å². The highest BCUT2D eigenvalue weighted by Gasteiger charge is 2.31. The molecule has 0 atom stereocenters. The van der Waals surface area contributed by atoms with Gasteiger partial charge in [-0.3, -0.25) is 14.3 Å². The molecule has 6 heteroatoms. The number of carbonyl (C=O) groups is 2. The second-order valence-electron chi connectivity index (χ2n) is 7.07. The van der Waals surface area contributed by atoms with E-state index in [1.54, 1.807) is 0 Å². The number of rotatable bonds is 4. The lowest BCUT2D eigenvalue weighted by Crippen LogP contribution is -2.47. The third kappa shape index (κ3) is 3.32. The molecule has 2 saturated heterocycles. The second-order valence-corrected chi connectivity index (χ2v) is 7.07. The smallest absolute Gasteiger partial charge is 0.224 e.